The fourth-order valence-corrected chi connectivity index (χ4v) is 12.8. The molecule has 0 spiro atoms. The van der Waals surface area contributed by atoms with Gasteiger partial charge >= 0.3 is 39.5 Å². The average Bonchev–Trinajstić information content (AvgIpc) is 3.57. The van der Waals surface area contributed by atoms with Crippen molar-refractivity contribution in [1.82, 2.24) is 0 Å². The zero-order valence-electron chi connectivity index (χ0n) is 60.6. The molecule has 0 saturated heterocycles. The third-order valence-corrected chi connectivity index (χ3v) is 19.8. The Labute approximate surface area is 568 Å². The fourth-order valence-electron chi connectivity index (χ4n) is 11.2. The van der Waals surface area contributed by atoms with Crippen molar-refractivity contribution in [2.24, 2.45) is 11.8 Å². The van der Waals surface area contributed by atoms with Gasteiger partial charge in [-0.1, -0.05) is 330 Å². The van der Waals surface area contributed by atoms with Gasteiger partial charge in [-0.25, -0.2) is 9.13 Å². The number of unbranched alkanes of at least 4 members (excludes halogenated alkanes) is 41. The third-order valence-electron chi connectivity index (χ3n) is 17.9. The highest BCUT2D eigenvalue weighted by molar-refractivity contribution is 7.47. The van der Waals surface area contributed by atoms with Gasteiger partial charge in [-0.05, 0) is 37.5 Å². The molecule has 0 aromatic rings. The number of aliphatic hydroxyl groups is 1. The van der Waals surface area contributed by atoms with E-state index in [1.807, 2.05) is 0 Å². The summed E-state index contributed by atoms with van der Waals surface area (Å²) in [4.78, 5) is 72.6. The quantitative estimate of drug-likeness (QED) is 0.0222. The lowest BCUT2D eigenvalue weighted by atomic mass is 9.99. The molecule has 4 unspecified atom stereocenters. The molecule has 3 N–H and O–H groups in total. The standard InChI is InChI=1S/C74H144O17P2/c1-7-11-13-15-17-19-20-21-22-23-24-25-26-27-28-33-40-46-52-58-73(78)90-70(63-85-72(77)57-51-45-39-32-30-29-31-36-42-48-54-66(5)9-3)65-89-93(82,83)87-61-68(75)60-86-92(80,81)88-64-69(62-84-71(76)56-50-44-38-18-16-14-12-8-2)91-74(79)59-53-47-41-35-34-37-43-49-55-67(6)10-4/h66-70,75H,7-65H2,1-6H3,(H,80,81)(H,82,83)/t66?,67?,68-,69+,70+/m0/s1. The van der Waals surface area contributed by atoms with Crippen molar-refractivity contribution >= 4 is 39.5 Å². The minimum Gasteiger partial charge on any atom is -0.462 e. The minimum absolute atomic E-state index is 0.105. The number of ether oxygens (including phenoxy) is 4. The monoisotopic (exact) mass is 1370 g/mol. The Morgan fingerprint density at radius 2 is 0.516 bits per heavy atom. The second-order valence-corrected chi connectivity index (χ2v) is 30.1. The van der Waals surface area contributed by atoms with Gasteiger partial charge < -0.3 is 33.8 Å². The normalized spacial score (nSPS) is 14.6. The first-order chi connectivity index (χ1) is 44.9. The molecule has 0 aliphatic heterocycles. The molecule has 7 atom stereocenters. The Bertz CT molecular complexity index is 1810. The van der Waals surface area contributed by atoms with Gasteiger partial charge in [0.05, 0.1) is 26.4 Å². The van der Waals surface area contributed by atoms with Crippen LogP contribution in [0, 0.1) is 11.8 Å². The minimum atomic E-state index is -4.96. The Morgan fingerprint density at radius 1 is 0.301 bits per heavy atom. The van der Waals surface area contributed by atoms with Crippen molar-refractivity contribution in [3.05, 3.63) is 0 Å². The number of carbonyl (C=O) groups excluding carboxylic acids is 4. The fraction of sp³-hybridized carbons (Fsp3) is 0.946. The van der Waals surface area contributed by atoms with Crippen molar-refractivity contribution in [2.45, 2.75) is 400 Å². The summed E-state index contributed by atoms with van der Waals surface area (Å²) in [5.41, 5.74) is 0. The maximum Gasteiger partial charge on any atom is 0.472 e. The summed E-state index contributed by atoms with van der Waals surface area (Å²) in [5.74, 6) is -0.543. The smallest absolute Gasteiger partial charge is 0.462 e. The second-order valence-electron chi connectivity index (χ2n) is 27.2. The Morgan fingerprint density at radius 3 is 0.763 bits per heavy atom. The maximum atomic E-state index is 13.1. The molecule has 0 heterocycles. The molecule has 0 radical (unpaired) electrons. The van der Waals surface area contributed by atoms with E-state index in [1.54, 1.807) is 0 Å². The highest BCUT2D eigenvalue weighted by Gasteiger charge is 2.30. The first kappa shape index (κ1) is 91.1. The van der Waals surface area contributed by atoms with Gasteiger partial charge in [0.1, 0.15) is 19.3 Å². The van der Waals surface area contributed by atoms with Crippen LogP contribution in [0.1, 0.15) is 382 Å². The van der Waals surface area contributed by atoms with Gasteiger partial charge in [-0.3, -0.25) is 37.3 Å². The van der Waals surface area contributed by atoms with Crippen LogP contribution in [0.2, 0.25) is 0 Å². The molecule has 0 aliphatic rings. The predicted octanol–water partition coefficient (Wildman–Crippen LogP) is 21.6. The van der Waals surface area contributed by atoms with Crippen LogP contribution in [0.25, 0.3) is 0 Å². The van der Waals surface area contributed by atoms with Crippen molar-refractivity contribution in [3.8, 4) is 0 Å². The van der Waals surface area contributed by atoms with Crippen LogP contribution >= 0.6 is 15.6 Å². The SMILES string of the molecule is CCCCCCCCCCCCCCCCCCCCCC(=O)O[C@H](COC(=O)CCCCCCCCCCCCC(C)CC)COP(=O)(O)OC[C@@H](O)COP(=O)(O)OC[C@@H](COC(=O)CCCCCCCCCC)OC(=O)CCCCCCCCCCC(C)CC. The number of phosphoric ester groups is 2. The van der Waals surface area contributed by atoms with E-state index in [0.29, 0.717) is 25.7 Å². The van der Waals surface area contributed by atoms with Gasteiger partial charge in [0, 0.05) is 25.7 Å². The van der Waals surface area contributed by atoms with Gasteiger partial charge in [0.25, 0.3) is 0 Å². The molecular formula is C74H144O17P2. The van der Waals surface area contributed by atoms with E-state index in [2.05, 4.69) is 41.5 Å². The lowest BCUT2D eigenvalue weighted by molar-refractivity contribution is -0.161. The zero-order valence-corrected chi connectivity index (χ0v) is 62.3. The van der Waals surface area contributed by atoms with Gasteiger partial charge in [0.2, 0.25) is 0 Å². The van der Waals surface area contributed by atoms with Crippen LogP contribution in [0.15, 0.2) is 0 Å². The number of carbonyl (C=O) groups is 4. The first-order valence-electron chi connectivity index (χ1n) is 38.6. The van der Waals surface area contributed by atoms with Crippen LogP contribution < -0.4 is 0 Å². The molecule has 552 valence electrons. The van der Waals surface area contributed by atoms with Crippen LogP contribution in [-0.4, -0.2) is 96.7 Å². The summed E-state index contributed by atoms with van der Waals surface area (Å²) in [6.07, 6.45) is 52.7. The van der Waals surface area contributed by atoms with Crippen LogP contribution in [0.4, 0.5) is 0 Å². The highest BCUT2D eigenvalue weighted by Crippen LogP contribution is 2.45. The summed E-state index contributed by atoms with van der Waals surface area (Å²) in [5, 5.41) is 10.6. The van der Waals surface area contributed by atoms with Crippen molar-refractivity contribution < 1.29 is 80.2 Å². The molecule has 0 fully saturated rings. The van der Waals surface area contributed by atoms with Crippen molar-refractivity contribution in [2.75, 3.05) is 39.6 Å². The molecule has 0 aromatic heterocycles. The van der Waals surface area contributed by atoms with E-state index in [-0.39, 0.29) is 25.7 Å². The second kappa shape index (κ2) is 66.0. The van der Waals surface area contributed by atoms with E-state index in [0.717, 1.165) is 108 Å². The molecule has 93 heavy (non-hydrogen) atoms. The number of esters is 4. The van der Waals surface area contributed by atoms with Gasteiger partial charge in [-0.2, -0.15) is 0 Å². The molecular weight excluding hydrogens is 1220 g/mol. The lowest BCUT2D eigenvalue weighted by Crippen LogP contribution is -2.30. The summed E-state index contributed by atoms with van der Waals surface area (Å²) >= 11 is 0. The van der Waals surface area contributed by atoms with Crippen LogP contribution in [0.3, 0.4) is 0 Å². The van der Waals surface area contributed by atoms with Gasteiger partial charge in [-0.15, -0.1) is 0 Å². The van der Waals surface area contributed by atoms with E-state index in [4.69, 9.17) is 37.0 Å². The molecule has 0 amide bonds. The lowest BCUT2D eigenvalue weighted by Gasteiger charge is -2.21. The molecule has 0 rings (SSSR count). The molecule has 0 bridgehead atoms. The van der Waals surface area contributed by atoms with Gasteiger partial charge in [0.15, 0.2) is 12.2 Å². The summed E-state index contributed by atoms with van der Waals surface area (Å²) in [6, 6.07) is 0. The summed E-state index contributed by atoms with van der Waals surface area (Å²) in [6.45, 7) is 9.58. The predicted molar refractivity (Wildman–Crippen MR) is 377 cm³/mol. The van der Waals surface area contributed by atoms with E-state index in [1.165, 1.54) is 193 Å². The largest absolute Gasteiger partial charge is 0.472 e. The summed E-state index contributed by atoms with van der Waals surface area (Å²) < 4.78 is 68.4. The first-order valence-corrected chi connectivity index (χ1v) is 41.6. The molecule has 19 heteroatoms. The average molecular weight is 1370 g/mol. The van der Waals surface area contributed by atoms with Crippen LogP contribution in [0.5, 0.6) is 0 Å². The molecule has 0 aromatic carbocycles. The van der Waals surface area contributed by atoms with E-state index in [9.17, 15) is 43.2 Å². The summed E-state index contributed by atoms with van der Waals surface area (Å²) in [7, 11) is -9.90. The Hall–Kier alpha value is -1.94. The third kappa shape index (κ3) is 65.8. The van der Waals surface area contributed by atoms with Crippen molar-refractivity contribution in [3.63, 3.8) is 0 Å². The Balaban J connectivity index is 5.21. The van der Waals surface area contributed by atoms with Crippen molar-refractivity contribution in [1.29, 1.82) is 0 Å². The zero-order chi connectivity index (χ0) is 68.6. The number of rotatable bonds is 73. The number of hydrogen-bond donors (Lipinski definition) is 3. The molecule has 0 saturated carbocycles. The van der Waals surface area contributed by atoms with E-state index >= 15 is 0 Å². The molecule has 17 nitrogen and oxygen atoms in total. The Kier molecular flexibility index (Phi) is 64.6. The number of phosphoric acid groups is 2. The maximum absolute atomic E-state index is 13.1. The highest BCUT2D eigenvalue weighted by atomic mass is 31.2. The molecule has 0 aliphatic carbocycles. The topological polar surface area (TPSA) is 237 Å². The van der Waals surface area contributed by atoms with Crippen LogP contribution in [-0.2, 0) is 65.4 Å². The number of hydrogen-bond acceptors (Lipinski definition) is 15. The van der Waals surface area contributed by atoms with E-state index < -0.39 is 97.5 Å². The number of aliphatic hydroxyl groups excluding tert-OH is 1.